The van der Waals surface area contributed by atoms with Crippen molar-refractivity contribution >= 4 is 5.94 Å². The van der Waals surface area contributed by atoms with Gasteiger partial charge in [0.1, 0.15) is 6.10 Å². The Morgan fingerprint density at radius 2 is 2.14 bits per heavy atom. The molecule has 0 aromatic heterocycles. The quantitative estimate of drug-likeness (QED) is 0.512. The molecule has 0 N–H and O–H groups in total. The van der Waals surface area contributed by atoms with Crippen molar-refractivity contribution < 1.29 is 9.53 Å². The van der Waals surface area contributed by atoms with Crippen molar-refractivity contribution in [3.8, 4) is 0 Å². The first kappa shape index (κ1) is 11.3. The van der Waals surface area contributed by atoms with E-state index in [1.807, 2.05) is 0 Å². The van der Waals surface area contributed by atoms with Gasteiger partial charge in [-0.2, -0.15) is 0 Å². The molecule has 1 saturated carbocycles. The number of ether oxygens (including phenoxy) is 1. The average molecular weight is 196 g/mol. The summed E-state index contributed by atoms with van der Waals surface area (Å²) in [5, 5.41) is 0. The molecule has 0 spiro atoms. The van der Waals surface area contributed by atoms with Crippen molar-refractivity contribution in [1.29, 1.82) is 0 Å². The number of carbonyl (C=O) groups excluding carboxylic acids is 1. The summed E-state index contributed by atoms with van der Waals surface area (Å²) in [5.41, 5.74) is 0. The molecule has 0 aromatic rings. The smallest absolute Gasteiger partial charge is 0.167 e. The summed E-state index contributed by atoms with van der Waals surface area (Å²) in [6, 6.07) is 0. The Morgan fingerprint density at radius 3 is 2.71 bits per heavy atom. The second-order valence-electron chi connectivity index (χ2n) is 4.74. The van der Waals surface area contributed by atoms with Crippen LogP contribution in [0.15, 0.2) is 6.26 Å². The highest BCUT2D eigenvalue weighted by Crippen LogP contribution is 2.35. The molecule has 1 aliphatic rings. The fourth-order valence-corrected chi connectivity index (χ4v) is 2.39. The van der Waals surface area contributed by atoms with Crippen LogP contribution in [-0.4, -0.2) is 12.0 Å². The Bertz CT molecular complexity index is 216. The average Bonchev–Trinajstić information content (AvgIpc) is 2.14. The predicted octanol–water partition coefficient (Wildman–Crippen LogP) is 2.81. The third-order valence-electron chi connectivity index (χ3n) is 3.25. The van der Waals surface area contributed by atoms with E-state index < -0.39 is 0 Å². The molecule has 0 saturated heterocycles. The molecule has 1 rings (SSSR count). The standard InChI is InChI=1S/C12H20O2/c1-9(2)11-5-4-10(3)8-12(11)14-7-6-13/h7,9-12H,4-5,8H2,1-3H3/t10-,11+,12-/m1/s1. The van der Waals surface area contributed by atoms with Gasteiger partial charge in [0.25, 0.3) is 0 Å². The number of hydrogen-bond acceptors (Lipinski definition) is 2. The van der Waals surface area contributed by atoms with Crippen LogP contribution in [0.2, 0.25) is 0 Å². The van der Waals surface area contributed by atoms with Gasteiger partial charge in [-0.25, -0.2) is 4.79 Å². The third-order valence-corrected chi connectivity index (χ3v) is 3.25. The topological polar surface area (TPSA) is 26.3 Å². The zero-order chi connectivity index (χ0) is 10.6. The van der Waals surface area contributed by atoms with Crippen LogP contribution in [0.1, 0.15) is 40.0 Å². The Balaban J connectivity index is 2.58. The highest BCUT2D eigenvalue weighted by molar-refractivity contribution is 5.42. The van der Waals surface area contributed by atoms with E-state index >= 15 is 0 Å². The SMILES string of the molecule is CC(C)[C@@H]1CC[C@@H](C)C[C@H]1OC=C=O. The third kappa shape index (κ3) is 2.88. The number of rotatable bonds is 3. The van der Waals surface area contributed by atoms with Gasteiger partial charge >= 0.3 is 0 Å². The van der Waals surface area contributed by atoms with Crippen molar-refractivity contribution in [2.24, 2.45) is 17.8 Å². The molecular formula is C12H20O2. The van der Waals surface area contributed by atoms with Crippen molar-refractivity contribution in [3.63, 3.8) is 0 Å². The van der Waals surface area contributed by atoms with Gasteiger partial charge in [0.15, 0.2) is 12.2 Å². The maximum atomic E-state index is 10.1. The van der Waals surface area contributed by atoms with E-state index in [4.69, 9.17) is 4.74 Å². The van der Waals surface area contributed by atoms with E-state index in [-0.39, 0.29) is 6.10 Å². The second-order valence-corrected chi connectivity index (χ2v) is 4.74. The molecule has 14 heavy (non-hydrogen) atoms. The minimum atomic E-state index is 0.222. The minimum absolute atomic E-state index is 0.222. The normalized spacial score (nSPS) is 32.4. The van der Waals surface area contributed by atoms with Gasteiger partial charge in [-0.3, -0.25) is 0 Å². The second kappa shape index (κ2) is 5.21. The summed E-state index contributed by atoms with van der Waals surface area (Å²) in [5.74, 6) is 3.64. The van der Waals surface area contributed by atoms with Gasteiger partial charge < -0.3 is 4.74 Å². The molecule has 0 radical (unpaired) electrons. The Kier molecular flexibility index (Phi) is 4.21. The minimum Gasteiger partial charge on any atom is -0.486 e. The van der Waals surface area contributed by atoms with Gasteiger partial charge in [0, 0.05) is 0 Å². The molecule has 2 nitrogen and oxygen atoms in total. The lowest BCUT2D eigenvalue weighted by Crippen LogP contribution is -2.33. The number of hydrogen-bond donors (Lipinski definition) is 0. The molecule has 1 fully saturated rings. The fourth-order valence-electron chi connectivity index (χ4n) is 2.39. The molecule has 0 aliphatic heterocycles. The maximum absolute atomic E-state index is 10.1. The van der Waals surface area contributed by atoms with Crippen molar-refractivity contribution in [1.82, 2.24) is 0 Å². The molecule has 0 amide bonds. The maximum Gasteiger partial charge on any atom is 0.167 e. The molecular weight excluding hydrogens is 176 g/mol. The van der Waals surface area contributed by atoms with Crippen LogP contribution in [0.4, 0.5) is 0 Å². The van der Waals surface area contributed by atoms with Crippen LogP contribution >= 0.6 is 0 Å². The van der Waals surface area contributed by atoms with E-state index in [0.29, 0.717) is 11.8 Å². The fraction of sp³-hybridized carbons (Fsp3) is 0.833. The van der Waals surface area contributed by atoms with Crippen molar-refractivity contribution in [2.75, 3.05) is 0 Å². The summed E-state index contributed by atoms with van der Waals surface area (Å²) in [4.78, 5) is 10.1. The highest BCUT2D eigenvalue weighted by Gasteiger charge is 2.31. The van der Waals surface area contributed by atoms with E-state index in [2.05, 4.69) is 20.8 Å². The lowest BCUT2D eigenvalue weighted by Gasteiger charge is -2.36. The first-order chi connectivity index (χ1) is 6.65. The summed E-state index contributed by atoms with van der Waals surface area (Å²) >= 11 is 0. The molecule has 0 aromatic carbocycles. The van der Waals surface area contributed by atoms with Crippen molar-refractivity contribution in [3.05, 3.63) is 6.26 Å². The first-order valence-corrected chi connectivity index (χ1v) is 5.50. The summed E-state index contributed by atoms with van der Waals surface area (Å²) in [6.45, 7) is 6.70. The van der Waals surface area contributed by atoms with Crippen LogP contribution in [0.5, 0.6) is 0 Å². The predicted molar refractivity (Wildman–Crippen MR) is 56.5 cm³/mol. The van der Waals surface area contributed by atoms with Gasteiger partial charge in [-0.1, -0.05) is 27.2 Å². The molecule has 3 atom stereocenters. The van der Waals surface area contributed by atoms with Crippen LogP contribution in [0.25, 0.3) is 0 Å². The lowest BCUT2D eigenvalue weighted by atomic mass is 9.75. The van der Waals surface area contributed by atoms with Gasteiger partial charge in [0.05, 0.1) is 0 Å². The Labute approximate surface area is 86.3 Å². The van der Waals surface area contributed by atoms with Crippen LogP contribution in [0, 0.1) is 17.8 Å². The Hall–Kier alpha value is -0.750. The van der Waals surface area contributed by atoms with Gasteiger partial charge in [-0.05, 0) is 30.6 Å². The van der Waals surface area contributed by atoms with Gasteiger partial charge in [-0.15, -0.1) is 0 Å². The van der Waals surface area contributed by atoms with Crippen LogP contribution < -0.4 is 0 Å². The first-order valence-electron chi connectivity index (χ1n) is 5.50. The summed E-state index contributed by atoms with van der Waals surface area (Å²) < 4.78 is 5.43. The summed E-state index contributed by atoms with van der Waals surface area (Å²) in [7, 11) is 0. The van der Waals surface area contributed by atoms with E-state index in [9.17, 15) is 4.79 Å². The van der Waals surface area contributed by atoms with Gasteiger partial charge in [0.2, 0.25) is 0 Å². The monoisotopic (exact) mass is 196 g/mol. The zero-order valence-corrected chi connectivity index (χ0v) is 9.32. The van der Waals surface area contributed by atoms with Crippen molar-refractivity contribution in [2.45, 2.75) is 46.1 Å². The molecule has 2 heteroatoms. The van der Waals surface area contributed by atoms with E-state index in [1.165, 1.54) is 19.1 Å². The molecule has 0 unspecified atom stereocenters. The van der Waals surface area contributed by atoms with E-state index in [1.54, 1.807) is 5.94 Å². The van der Waals surface area contributed by atoms with Crippen LogP contribution in [-0.2, 0) is 9.53 Å². The lowest BCUT2D eigenvalue weighted by molar-refractivity contribution is 0.0148. The zero-order valence-electron chi connectivity index (χ0n) is 9.32. The molecule has 0 heterocycles. The highest BCUT2D eigenvalue weighted by atomic mass is 16.5. The molecule has 0 bridgehead atoms. The van der Waals surface area contributed by atoms with E-state index in [0.717, 1.165) is 12.3 Å². The molecule has 1 aliphatic carbocycles. The largest absolute Gasteiger partial charge is 0.486 e. The summed E-state index contributed by atoms with van der Waals surface area (Å²) in [6.07, 6.45) is 4.98. The molecule has 80 valence electrons. The Morgan fingerprint density at radius 1 is 1.43 bits per heavy atom. The van der Waals surface area contributed by atoms with Crippen LogP contribution in [0.3, 0.4) is 0 Å².